The van der Waals surface area contributed by atoms with Crippen LogP contribution >= 0.6 is 0 Å². The van der Waals surface area contributed by atoms with Crippen LogP contribution in [0, 0.1) is 0 Å². The number of benzene rings is 1. The van der Waals surface area contributed by atoms with Gasteiger partial charge in [-0.2, -0.15) is 9.40 Å². The standard InChI is InChI=1S/C17H18N4O3S/c22-17(13-5-2-1-3-6-13)8-11-21(12-9-17)25(23,24)16-14-7-4-10-18-15(14)19-20-16/h1-7,10,22H,8-9,11-12H2,(H,18,19,20). The first-order chi connectivity index (χ1) is 12.0. The molecule has 0 radical (unpaired) electrons. The summed E-state index contributed by atoms with van der Waals surface area (Å²) in [5, 5.41) is 18.0. The van der Waals surface area contributed by atoms with Gasteiger partial charge in [-0.25, -0.2) is 13.4 Å². The summed E-state index contributed by atoms with van der Waals surface area (Å²) in [4.78, 5) is 4.08. The molecule has 3 aromatic rings. The first kappa shape index (κ1) is 16.2. The number of fused-ring (bicyclic) bond motifs is 1. The molecule has 2 N–H and O–H groups in total. The third-order valence-corrected chi connectivity index (χ3v) is 6.59. The monoisotopic (exact) mass is 358 g/mol. The normalized spacial score (nSPS) is 18.4. The van der Waals surface area contributed by atoms with E-state index >= 15 is 0 Å². The summed E-state index contributed by atoms with van der Waals surface area (Å²) in [7, 11) is -3.74. The second-order valence-corrected chi connectivity index (χ2v) is 8.08. The molecule has 0 spiro atoms. The summed E-state index contributed by atoms with van der Waals surface area (Å²) in [6, 6.07) is 12.8. The van der Waals surface area contributed by atoms with E-state index in [1.165, 1.54) is 4.31 Å². The van der Waals surface area contributed by atoms with Crippen LogP contribution in [0.15, 0.2) is 53.7 Å². The summed E-state index contributed by atoms with van der Waals surface area (Å²) < 4.78 is 27.3. The van der Waals surface area contributed by atoms with E-state index in [0.717, 1.165) is 5.56 Å². The van der Waals surface area contributed by atoms with Gasteiger partial charge >= 0.3 is 0 Å². The number of H-pyrrole nitrogens is 1. The Morgan fingerprint density at radius 2 is 1.80 bits per heavy atom. The van der Waals surface area contributed by atoms with Crippen LogP contribution in [-0.4, -0.2) is 46.1 Å². The molecule has 0 aliphatic carbocycles. The number of pyridine rings is 1. The number of hydrogen-bond donors (Lipinski definition) is 2. The Hall–Kier alpha value is -2.29. The average molecular weight is 358 g/mol. The molecule has 25 heavy (non-hydrogen) atoms. The van der Waals surface area contributed by atoms with Gasteiger partial charge in [-0.3, -0.25) is 5.10 Å². The molecule has 1 saturated heterocycles. The van der Waals surface area contributed by atoms with Crippen molar-refractivity contribution in [3.63, 3.8) is 0 Å². The topological polar surface area (TPSA) is 99.2 Å². The first-order valence-corrected chi connectivity index (χ1v) is 9.52. The Balaban J connectivity index is 1.60. The summed E-state index contributed by atoms with van der Waals surface area (Å²) in [6.45, 7) is 0.477. The Labute approximate surface area is 145 Å². The molecule has 0 unspecified atom stereocenters. The molecule has 4 rings (SSSR count). The van der Waals surface area contributed by atoms with Crippen molar-refractivity contribution in [2.45, 2.75) is 23.5 Å². The van der Waals surface area contributed by atoms with E-state index < -0.39 is 15.6 Å². The molecule has 0 amide bonds. The number of nitrogens with one attached hydrogen (secondary N) is 1. The number of aromatic nitrogens is 3. The summed E-state index contributed by atoms with van der Waals surface area (Å²) >= 11 is 0. The molecule has 7 nitrogen and oxygen atoms in total. The van der Waals surface area contributed by atoms with Gasteiger partial charge in [-0.15, -0.1) is 0 Å². The minimum atomic E-state index is -3.74. The largest absolute Gasteiger partial charge is 0.385 e. The molecule has 0 bridgehead atoms. The van der Waals surface area contributed by atoms with Crippen molar-refractivity contribution in [1.29, 1.82) is 0 Å². The second kappa shape index (κ2) is 5.91. The van der Waals surface area contributed by atoms with E-state index in [1.807, 2.05) is 30.3 Å². The molecule has 8 heteroatoms. The van der Waals surface area contributed by atoms with E-state index in [9.17, 15) is 13.5 Å². The maximum atomic E-state index is 12.9. The first-order valence-electron chi connectivity index (χ1n) is 8.08. The fourth-order valence-electron chi connectivity index (χ4n) is 3.28. The summed E-state index contributed by atoms with van der Waals surface area (Å²) in [6.07, 6.45) is 2.27. The third-order valence-electron chi connectivity index (χ3n) is 4.75. The quantitative estimate of drug-likeness (QED) is 0.741. The molecular weight excluding hydrogens is 340 g/mol. The van der Waals surface area contributed by atoms with Crippen molar-refractivity contribution in [3.8, 4) is 0 Å². The van der Waals surface area contributed by atoms with E-state index in [4.69, 9.17) is 0 Å². The van der Waals surface area contributed by atoms with Gasteiger partial charge in [0.25, 0.3) is 10.0 Å². The van der Waals surface area contributed by atoms with Gasteiger partial charge in [0, 0.05) is 19.3 Å². The predicted octanol–water partition coefficient (Wildman–Crippen LogP) is 1.63. The molecule has 2 aromatic heterocycles. The number of aromatic amines is 1. The van der Waals surface area contributed by atoms with E-state index in [-0.39, 0.29) is 18.1 Å². The number of piperidine rings is 1. The zero-order valence-corrected chi connectivity index (χ0v) is 14.3. The van der Waals surface area contributed by atoms with Crippen LogP contribution in [0.25, 0.3) is 11.0 Å². The van der Waals surface area contributed by atoms with Crippen molar-refractivity contribution in [2.24, 2.45) is 0 Å². The van der Waals surface area contributed by atoms with E-state index in [1.54, 1.807) is 18.3 Å². The lowest BCUT2D eigenvalue weighted by molar-refractivity contribution is -0.00963. The van der Waals surface area contributed by atoms with Crippen molar-refractivity contribution >= 4 is 21.1 Å². The summed E-state index contributed by atoms with van der Waals surface area (Å²) in [5.41, 5.74) is 0.267. The number of sulfonamides is 1. The van der Waals surface area contributed by atoms with Crippen molar-refractivity contribution in [3.05, 3.63) is 54.2 Å². The fraction of sp³-hybridized carbons (Fsp3) is 0.294. The molecule has 3 heterocycles. The zero-order valence-electron chi connectivity index (χ0n) is 13.5. The second-order valence-electron chi connectivity index (χ2n) is 6.23. The Kier molecular flexibility index (Phi) is 3.82. The van der Waals surface area contributed by atoms with Crippen LogP contribution in [0.1, 0.15) is 18.4 Å². The Morgan fingerprint density at radius 1 is 1.08 bits per heavy atom. The van der Waals surface area contributed by atoms with Crippen LogP contribution in [0.5, 0.6) is 0 Å². The van der Waals surface area contributed by atoms with Gasteiger partial charge in [-0.05, 0) is 30.5 Å². The number of aliphatic hydroxyl groups is 1. The van der Waals surface area contributed by atoms with Crippen LogP contribution < -0.4 is 0 Å². The Morgan fingerprint density at radius 3 is 2.52 bits per heavy atom. The maximum absolute atomic E-state index is 12.9. The van der Waals surface area contributed by atoms with Crippen molar-refractivity contribution in [2.75, 3.05) is 13.1 Å². The highest BCUT2D eigenvalue weighted by molar-refractivity contribution is 7.89. The average Bonchev–Trinajstić information content (AvgIpc) is 3.08. The minimum absolute atomic E-state index is 0.0132. The molecule has 0 atom stereocenters. The van der Waals surface area contributed by atoms with Gasteiger partial charge in [0.1, 0.15) is 0 Å². The van der Waals surface area contributed by atoms with Gasteiger partial charge in [0.2, 0.25) is 5.03 Å². The highest BCUT2D eigenvalue weighted by Gasteiger charge is 2.39. The smallest absolute Gasteiger partial charge is 0.263 e. The minimum Gasteiger partial charge on any atom is -0.385 e. The molecular formula is C17H18N4O3S. The zero-order chi connectivity index (χ0) is 17.5. The van der Waals surface area contributed by atoms with Crippen molar-refractivity contribution in [1.82, 2.24) is 19.5 Å². The maximum Gasteiger partial charge on any atom is 0.263 e. The predicted molar refractivity (Wildman–Crippen MR) is 92.2 cm³/mol. The number of nitrogens with zero attached hydrogens (tertiary/aromatic N) is 3. The van der Waals surface area contributed by atoms with Crippen molar-refractivity contribution < 1.29 is 13.5 Å². The lowest BCUT2D eigenvalue weighted by Gasteiger charge is -2.37. The molecule has 1 aromatic carbocycles. The number of rotatable bonds is 3. The van der Waals surface area contributed by atoms with Crippen LogP contribution in [0.4, 0.5) is 0 Å². The molecule has 1 fully saturated rings. The highest BCUT2D eigenvalue weighted by Crippen LogP contribution is 2.35. The van der Waals surface area contributed by atoms with Gasteiger partial charge in [0.05, 0.1) is 11.0 Å². The van der Waals surface area contributed by atoms with Gasteiger partial charge in [0.15, 0.2) is 5.65 Å². The van der Waals surface area contributed by atoms with E-state index in [0.29, 0.717) is 23.9 Å². The van der Waals surface area contributed by atoms with Crippen LogP contribution in [0.2, 0.25) is 0 Å². The third kappa shape index (κ3) is 2.72. The Bertz CT molecular complexity index is 993. The lowest BCUT2D eigenvalue weighted by atomic mass is 9.85. The van der Waals surface area contributed by atoms with E-state index in [2.05, 4.69) is 15.2 Å². The lowest BCUT2D eigenvalue weighted by Crippen LogP contribution is -2.45. The molecule has 1 aliphatic heterocycles. The SMILES string of the molecule is O=S(=O)(c1n[nH]c2ncccc12)N1CCC(O)(c2ccccc2)CC1. The van der Waals surface area contributed by atoms with Gasteiger partial charge in [-0.1, -0.05) is 30.3 Å². The molecule has 130 valence electrons. The van der Waals surface area contributed by atoms with Gasteiger partial charge < -0.3 is 5.11 Å². The fourth-order valence-corrected chi connectivity index (χ4v) is 4.79. The number of hydrogen-bond acceptors (Lipinski definition) is 5. The van der Waals surface area contributed by atoms with Crippen LogP contribution in [-0.2, 0) is 15.6 Å². The highest BCUT2D eigenvalue weighted by atomic mass is 32.2. The molecule has 1 aliphatic rings. The molecule has 0 saturated carbocycles. The summed E-state index contributed by atoms with van der Waals surface area (Å²) in [5.74, 6) is 0. The van der Waals surface area contributed by atoms with Crippen LogP contribution in [0.3, 0.4) is 0 Å².